The van der Waals surface area contributed by atoms with Crippen LogP contribution in [0.4, 0.5) is 0 Å². The van der Waals surface area contributed by atoms with Gasteiger partial charge in [0.05, 0.1) is 18.2 Å². The number of nitrogens with zero attached hydrogens (tertiary/aromatic N) is 2. The minimum absolute atomic E-state index is 0.278. The van der Waals surface area contributed by atoms with Gasteiger partial charge in [0.1, 0.15) is 6.26 Å². The molecule has 0 fully saturated rings. The molecule has 0 unspecified atom stereocenters. The van der Waals surface area contributed by atoms with Crippen molar-refractivity contribution in [1.82, 2.24) is 4.98 Å². The van der Waals surface area contributed by atoms with Crippen LogP contribution in [-0.4, -0.2) is 4.98 Å². The predicted octanol–water partition coefficient (Wildman–Crippen LogP) is 3.17. The van der Waals surface area contributed by atoms with Crippen LogP contribution in [0, 0.1) is 11.3 Å². The molecule has 2 aromatic rings. The maximum Gasteiger partial charge on any atom is 0.226 e. The molecule has 0 N–H and O–H groups in total. The molecule has 74 valence electrons. The van der Waals surface area contributed by atoms with E-state index >= 15 is 0 Å². The first-order valence-corrected chi connectivity index (χ1v) is 5.16. The highest BCUT2D eigenvalue weighted by Gasteiger charge is 2.05. The number of oxazole rings is 1. The molecule has 0 aliphatic rings. The lowest BCUT2D eigenvalue weighted by Gasteiger charge is -1.94. The maximum atomic E-state index is 8.50. The van der Waals surface area contributed by atoms with Gasteiger partial charge in [0.2, 0.25) is 5.89 Å². The fourth-order valence-corrected chi connectivity index (χ4v) is 1.46. The van der Waals surface area contributed by atoms with Gasteiger partial charge in [0.25, 0.3) is 0 Å². The van der Waals surface area contributed by atoms with Gasteiger partial charge in [0, 0.05) is 10.0 Å². The zero-order valence-corrected chi connectivity index (χ0v) is 9.36. The van der Waals surface area contributed by atoms with Crippen LogP contribution in [0.15, 0.2) is 39.4 Å². The number of nitriles is 1. The first-order valence-electron chi connectivity index (χ1n) is 4.37. The largest absolute Gasteiger partial charge is 0.444 e. The molecule has 0 spiro atoms. The number of rotatable bonds is 2. The highest BCUT2D eigenvalue weighted by molar-refractivity contribution is 9.10. The van der Waals surface area contributed by atoms with E-state index in [1.54, 1.807) is 0 Å². The van der Waals surface area contributed by atoms with Crippen molar-refractivity contribution in [2.45, 2.75) is 6.42 Å². The summed E-state index contributed by atoms with van der Waals surface area (Å²) in [4.78, 5) is 4.20. The molecular formula is C11H7BrN2O. The molecule has 15 heavy (non-hydrogen) atoms. The molecule has 0 atom stereocenters. The molecule has 3 nitrogen and oxygen atoms in total. The smallest absolute Gasteiger partial charge is 0.226 e. The molecule has 1 heterocycles. The fraction of sp³-hybridized carbons (Fsp3) is 0.0909. The highest BCUT2D eigenvalue weighted by Crippen LogP contribution is 2.21. The number of halogens is 1. The first-order chi connectivity index (χ1) is 7.29. The van der Waals surface area contributed by atoms with E-state index in [0.29, 0.717) is 11.6 Å². The van der Waals surface area contributed by atoms with Crippen molar-refractivity contribution >= 4 is 15.9 Å². The Balaban J connectivity index is 2.30. The molecule has 0 radical (unpaired) electrons. The summed E-state index contributed by atoms with van der Waals surface area (Å²) in [6.07, 6.45) is 1.79. The minimum atomic E-state index is 0.278. The molecule has 0 aliphatic heterocycles. The Labute approximate surface area is 95.5 Å². The van der Waals surface area contributed by atoms with Crippen LogP contribution in [0.1, 0.15) is 5.69 Å². The number of benzene rings is 1. The van der Waals surface area contributed by atoms with Gasteiger partial charge in [-0.05, 0) is 24.3 Å². The summed E-state index contributed by atoms with van der Waals surface area (Å²) in [5, 5.41) is 8.50. The predicted molar refractivity (Wildman–Crippen MR) is 59.0 cm³/mol. The summed E-state index contributed by atoms with van der Waals surface area (Å²) in [6.45, 7) is 0. The average Bonchev–Trinajstić information content (AvgIpc) is 2.68. The number of aromatic nitrogens is 1. The quantitative estimate of drug-likeness (QED) is 0.836. The van der Waals surface area contributed by atoms with Crippen LogP contribution in [-0.2, 0) is 6.42 Å². The van der Waals surface area contributed by atoms with Gasteiger partial charge < -0.3 is 4.42 Å². The van der Waals surface area contributed by atoms with Crippen LogP contribution in [0.3, 0.4) is 0 Å². The Morgan fingerprint density at radius 3 is 2.73 bits per heavy atom. The van der Waals surface area contributed by atoms with Gasteiger partial charge >= 0.3 is 0 Å². The molecule has 0 amide bonds. The fourth-order valence-electron chi connectivity index (χ4n) is 1.19. The van der Waals surface area contributed by atoms with Gasteiger partial charge in [-0.25, -0.2) is 4.98 Å². The lowest BCUT2D eigenvalue weighted by molar-refractivity contribution is 0.573. The van der Waals surface area contributed by atoms with E-state index in [2.05, 4.69) is 20.9 Å². The van der Waals surface area contributed by atoms with E-state index in [0.717, 1.165) is 10.0 Å². The molecule has 1 aromatic carbocycles. The zero-order valence-electron chi connectivity index (χ0n) is 7.77. The second-order valence-electron chi connectivity index (χ2n) is 2.99. The third kappa shape index (κ3) is 2.25. The summed E-state index contributed by atoms with van der Waals surface area (Å²) in [5.74, 6) is 0.549. The molecular weight excluding hydrogens is 256 g/mol. The van der Waals surface area contributed by atoms with Gasteiger partial charge in [0.15, 0.2) is 0 Å². The lowest BCUT2D eigenvalue weighted by Crippen LogP contribution is -1.81. The number of hydrogen-bond acceptors (Lipinski definition) is 3. The normalized spacial score (nSPS) is 9.87. The Morgan fingerprint density at radius 1 is 1.33 bits per heavy atom. The highest BCUT2D eigenvalue weighted by atomic mass is 79.9. The van der Waals surface area contributed by atoms with Crippen LogP contribution in [0.5, 0.6) is 0 Å². The Bertz CT molecular complexity index is 496. The summed E-state index contributed by atoms with van der Waals surface area (Å²) in [5.41, 5.74) is 1.57. The minimum Gasteiger partial charge on any atom is -0.444 e. The molecule has 1 aromatic heterocycles. The van der Waals surface area contributed by atoms with E-state index in [1.165, 1.54) is 6.26 Å². The standard InChI is InChI=1S/C11H7BrN2O/c12-9-3-1-8(2-4-9)11-14-10(5-6-13)7-15-11/h1-4,7H,5H2. The molecule has 0 saturated carbocycles. The van der Waals surface area contributed by atoms with Crippen molar-refractivity contribution in [3.8, 4) is 17.5 Å². The zero-order chi connectivity index (χ0) is 10.7. The Hall–Kier alpha value is -1.60. The van der Waals surface area contributed by atoms with E-state index < -0.39 is 0 Å². The third-order valence-electron chi connectivity index (χ3n) is 1.90. The van der Waals surface area contributed by atoms with E-state index in [9.17, 15) is 0 Å². The van der Waals surface area contributed by atoms with Crippen LogP contribution >= 0.6 is 15.9 Å². The molecule has 4 heteroatoms. The summed E-state index contributed by atoms with van der Waals surface area (Å²) >= 11 is 3.35. The summed E-state index contributed by atoms with van der Waals surface area (Å²) < 4.78 is 6.27. The monoisotopic (exact) mass is 262 g/mol. The van der Waals surface area contributed by atoms with Crippen molar-refractivity contribution < 1.29 is 4.42 Å². The van der Waals surface area contributed by atoms with Gasteiger partial charge in [-0.1, -0.05) is 15.9 Å². The van der Waals surface area contributed by atoms with Gasteiger partial charge in [-0.15, -0.1) is 0 Å². The van der Waals surface area contributed by atoms with E-state index in [-0.39, 0.29) is 6.42 Å². The van der Waals surface area contributed by atoms with Crippen molar-refractivity contribution in [1.29, 1.82) is 5.26 Å². The first kappa shape index (κ1) is 9.94. The Morgan fingerprint density at radius 2 is 2.07 bits per heavy atom. The maximum absolute atomic E-state index is 8.50. The van der Waals surface area contributed by atoms with Crippen LogP contribution in [0.2, 0.25) is 0 Å². The van der Waals surface area contributed by atoms with Crippen molar-refractivity contribution in [2.75, 3.05) is 0 Å². The number of hydrogen-bond donors (Lipinski definition) is 0. The van der Waals surface area contributed by atoms with Crippen molar-refractivity contribution in [3.05, 3.63) is 40.7 Å². The molecule has 0 bridgehead atoms. The Kier molecular flexibility index (Phi) is 2.84. The van der Waals surface area contributed by atoms with Gasteiger partial charge in [-0.3, -0.25) is 0 Å². The lowest BCUT2D eigenvalue weighted by atomic mass is 10.2. The third-order valence-corrected chi connectivity index (χ3v) is 2.43. The topological polar surface area (TPSA) is 49.8 Å². The van der Waals surface area contributed by atoms with Crippen LogP contribution in [0.25, 0.3) is 11.5 Å². The van der Waals surface area contributed by atoms with E-state index in [4.69, 9.17) is 9.68 Å². The molecule has 2 rings (SSSR count). The summed E-state index contributed by atoms with van der Waals surface area (Å²) in [6, 6.07) is 9.69. The van der Waals surface area contributed by atoms with Crippen LogP contribution < -0.4 is 0 Å². The van der Waals surface area contributed by atoms with Gasteiger partial charge in [-0.2, -0.15) is 5.26 Å². The summed E-state index contributed by atoms with van der Waals surface area (Å²) in [7, 11) is 0. The molecule has 0 aliphatic carbocycles. The SMILES string of the molecule is N#CCc1coc(-c2ccc(Br)cc2)n1. The molecule has 0 saturated heterocycles. The second-order valence-corrected chi connectivity index (χ2v) is 3.90. The second kappa shape index (κ2) is 4.28. The van der Waals surface area contributed by atoms with Crippen molar-refractivity contribution in [2.24, 2.45) is 0 Å². The van der Waals surface area contributed by atoms with Crippen molar-refractivity contribution in [3.63, 3.8) is 0 Å². The average molecular weight is 263 g/mol. The van der Waals surface area contributed by atoms with E-state index in [1.807, 2.05) is 30.3 Å².